The van der Waals surface area contributed by atoms with Crippen LogP contribution in [0.4, 0.5) is 0 Å². The fourth-order valence-electron chi connectivity index (χ4n) is 2.03. The zero-order valence-corrected chi connectivity index (χ0v) is 12.3. The van der Waals surface area contributed by atoms with Gasteiger partial charge in [0, 0.05) is 12.3 Å². The van der Waals surface area contributed by atoms with E-state index in [0.29, 0.717) is 0 Å². The van der Waals surface area contributed by atoms with Crippen molar-refractivity contribution >= 4 is 9.84 Å². The minimum Gasteiger partial charge on any atom is -0.313 e. The fraction of sp³-hybridized carbons (Fsp3) is 0.571. The molecule has 0 bridgehead atoms. The molecule has 1 N–H and O–H groups in total. The van der Waals surface area contributed by atoms with Crippen LogP contribution in [0.15, 0.2) is 24.3 Å². The van der Waals surface area contributed by atoms with Crippen molar-refractivity contribution < 1.29 is 8.42 Å². The van der Waals surface area contributed by atoms with Crippen LogP contribution < -0.4 is 5.32 Å². The first-order valence-electron chi connectivity index (χ1n) is 6.37. The van der Waals surface area contributed by atoms with E-state index in [0.717, 1.165) is 19.4 Å². The molecule has 1 unspecified atom stereocenters. The van der Waals surface area contributed by atoms with Gasteiger partial charge in [0.2, 0.25) is 0 Å². The molecule has 0 aromatic heterocycles. The van der Waals surface area contributed by atoms with Crippen molar-refractivity contribution in [2.24, 2.45) is 0 Å². The van der Waals surface area contributed by atoms with Crippen LogP contribution in [0.5, 0.6) is 0 Å². The molecule has 18 heavy (non-hydrogen) atoms. The summed E-state index contributed by atoms with van der Waals surface area (Å²) in [5.74, 6) is 0.195. The molecule has 1 aromatic rings. The third-order valence-corrected chi connectivity index (χ3v) is 3.76. The van der Waals surface area contributed by atoms with Crippen LogP contribution in [0.1, 0.15) is 24.5 Å². The van der Waals surface area contributed by atoms with Crippen molar-refractivity contribution in [3.05, 3.63) is 35.4 Å². The van der Waals surface area contributed by atoms with Crippen LogP contribution >= 0.6 is 0 Å². The average Bonchev–Trinajstić information content (AvgIpc) is 2.24. The maximum atomic E-state index is 11.4. The van der Waals surface area contributed by atoms with Gasteiger partial charge >= 0.3 is 0 Å². The number of hydrogen-bond donors (Lipinski definition) is 1. The van der Waals surface area contributed by atoms with E-state index in [1.54, 1.807) is 0 Å². The lowest BCUT2D eigenvalue weighted by Gasteiger charge is -2.17. The van der Waals surface area contributed by atoms with Crippen molar-refractivity contribution in [2.75, 3.05) is 18.6 Å². The highest BCUT2D eigenvalue weighted by Gasteiger charge is 2.15. The van der Waals surface area contributed by atoms with Gasteiger partial charge in [0.15, 0.2) is 0 Å². The summed E-state index contributed by atoms with van der Waals surface area (Å²) >= 11 is 0. The van der Waals surface area contributed by atoms with E-state index < -0.39 is 9.84 Å². The minimum absolute atomic E-state index is 0.00162. The number of hydrogen-bond acceptors (Lipinski definition) is 3. The van der Waals surface area contributed by atoms with E-state index in [9.17, 15) is 8.42 Å². The molecule has 0 saturated heterocycles. The molecule has 1 atom stereocenters. The Balaban J connectivity index is 2.71. The third kappa shape index (κ3) is 6.17. The predicted octanol–water partition coefficient (Wildman–Crippen LogP) is 1.95. The summed E-state index contributed by atoms with van der Waals surface area (Å²) in [5, 5.41) is 3.31. The first kappa shape index (κ1) is 15.2. The maximum Gasteiger partial charge on any atom is 0.148 e. The summed E-state index contributed by atoms with van der Waals surface area (Å²) in [6.07, 6.45) is 3.06. The highest BCUT2D eigenvalue weighted by Crippen LogP contribution is 2.08. The third-order valence-electron chi connectivity index (χ3n) is 2.75. The molecule has 0 amide bonds. The lowest BCUT2D eigenvalue weighted by Crippen LogP contribution is -2.37. The molecule has 1 rings (SSSR count). The Bertz CT molecular complexity index is 468. The number of rotatable bonds is 7. The zero-order chi connectivity index (χ0) is 13.6. The number of nitrogens with one attached hydrogen (secondary N) is 1. The number of benzene rings is 1. The van der Waals surface area contributed by atoms with Gasteiger partial charge in [0.1, 0.15) is 9.84 Å². The zero-order valence-electron chi connectivity index (χ0n) is 11.4. The molecule has 0 fully saturated rings. The molecule has 102 valence electrons. The average molecular weight is 269 g/mol. The maximum absolute atomic E-state index is 11.4. The van der Waals surface area contributed by atoms with Gasteiger partial charge in [-0.05, 0) is 31.9 Å². The minimum atomic E-state index is -2.95. The van der Waals surface area contributed by atoms with Gasteiger partial charge < -0.3 is 5.32 Å². The lowest BCUT2D eigenvalue weighted by atomic mass is 10.0. The Hall–Kier alpha value is -0.870. The Morgan fingerprint density at radius 3 is 2.61 bits per heavy atom. The van der Waals surface area contributed by atoms with Gasteiger partial charge in [0.05, 0.1) is 5.75 Å². The molecule has 0 aliphatic rings. The van der Waals surface area contributed by atoms with Crippen LogP contribution in [0.25, 0.3) is 0 Å². The smallest absolute Gasteiger partial charge is 0.148 e. The molecule has 0 aliphatic heterocycles. The van der Waals surface area contributed by atoms with Crippen molar-refractivity contribution in [2.45, 2.75) is 32.7 Å². The molecule has 0 spiro atoms. The summed E-state index contributed by atoms with van der Waals surface area (Å²) in [7, 11) is -2.95. The van der Waals surface area contributed by atoms with Gasteiger partial charge in [-0.3, -0.25) is 0 Å². The van der Waals surface area contributed by atoms with E-state index >= 15 is 0 Å². The number of aryl methyl sites for hydroxylation is 1. The lowest BCUT2D eigenvalue weighted by molar-refractivity contribution is 0.530. The van der Waals surface area contributed by atoms with Gasteiger partial charge in [0.25, 0.3) is 0 Å². The summed E-state index contributed by atoms with van der Waals surface area (Å²) in [4.78, 5) is 0. The van der Waals surface area contributed by atoms with E-state index in [2.05, 4.69) is 37.4 Å². The standard InChI is InChI=1S/C14H23NO2S/c1-4-8-15-14(11-18(3,16)17)10-13-7-5-6-12(2)9-13/h5-7,9,14-15H,4,8,10-11H2,1-3H3. The monoisotopic (exact) mass is 269 g/mol. The van der Waals surface area contributed by atoms with Gasteiger partial charge in [-0.1, -0.05) is 36.8 Å². The van der Waals surface area contributed by atoms with Crippen molar-refractivity contribution in [1.82, 2.24) is 5.32 Å². The van der Waals surface area contributed by atoms with E-state index in [1.165, 1.54) is 17.4 Å². The second-order valence-electron chi connectivity index (χ2n) is 4.94. The van der Waals surface area contributed by atoms with Gasteiger partial charge in [-0.2, -0.15) is 0 Å². The van der Waals surface area contributed by atoms with Crippen molar-refractivity contribution in [1.29, 1.82) is 0 Å². The normalized spacial score (nSPS) is 13.5. The van der Waals surface area contributed by atoms with Crippen LogP contribution in [0, 0.1) is 6.92 Å². The fourth-order valence-corrected chi connectivity index (χ4v) is 2.99. The van der Waals surface area contributed by atoms with Crippen molar-refractivity contribution in [3.8, 4) is 0 Å². The molecule has 0 radical (unpaired) electrons. The summed E-state index contributed by atoms with van der Waals surface area (Å²) in [5.41, 5.74) is 2.40. The highest BCUT2D eigenvalue weighted by atomic mass is 32.2. The first-order chi connectivity index (χ1) is 8.40. The molecule has 4 heteroatoms. The molecule has 0 aliphatic carbocycles. The summed E-state index contributed by atoms with van der Waals surface area (Å²) < 4.78 is 22.8. The van der Waals surface area contributed by atoms with Crippen molar-refractivity contribution in [3.63, 3.8) is 0 Å². The van der Waals surface area contributed by atoms with E-state index in [-0.39, 0.29) is 11.8 Å². The van der Waals surface area contributed by atoms with Crippen LogP contribution in [0.3, 0.4) is 0 Å². The molecule has 0 heterocycles. The Morgan fingerprint density at radius 1 is 1.33 bits per heavy atom. The second-order valence-corrected chi connectivity index (χ2v) is 7.12. The molecular formula is C14H23NO2S. The predicted molar refractivity (Wildman–Crippen MR) is 76.7 cm³/mol. The van der Waals surface area contributed by atoms with Crippen LogP contribution in [0.2, 0.25) is 0 Å². The first-order valence-corrected chi connectivity index (χ1v) is 8.43. The largest absolute Gasteiger partial charge is 0.313 e. The number of sulfone groups is 1. The Labute approximate surface area is 111 Å². The van der Waals surface area contributed by atoms with Gasteiger partial charge in [-0.25, -0.2) is 8.42 Å². The van der Waals surface area contributed by atoms with Crippen LogP contribution in [-0.2, 0) is 16.3 Å². The van der Waals surface area contributed by atoms with E-state index in [1.807, 2.05) is 6.07 Å². The molecule has 3 nitrogen and oxygen atoms in total. The SMILES string of the molecule is CCCNC(Cc1cccc(C)c1)CS(C)(=O)=O. The molecular weight excluding hydrogens is 246 g/mol. The van der Waals surface area contributed by atoms with Gasteiger partial charge in [-0.15, -0.1) is 0 Å². The molecule has 0 saturated carbocycles. The highest BCUT2D eigenvalue weighted by molar-refractivity contribution is 7.90. The topological polar surface area (TPSA) is 46.2 Å². The van der Waals surface area contributed by atoms with E-state index in [4.69, 9.17) is 0 Å². The summed E-state index contributed by atoms with van der Waals surface area (Å²) in [6.45, 7) is 4.98. The second kappa shape index (κ2) is 6.90. The summed E-state index contributed by atoms with van der Waals surface area (Å²) in [6, 6.07) is 8.23. The van der Waals surface area contributed by atoms with Crippen LogP contribution in [-0.4, -0.2) is 33.0 Å². The quantitative estimate of drug-likeness (QED) is 0.823. The molecule has 1 aromatic carbocycles. The Kier molecular flexibility index (Phi) is 5.82. The Morgan fingerprint density at radius 2 is 2.06 bits per heavy atom.